The quantitative estimate of drug-likeness (QED) is 0.656. The maximum atomic E-state index is 9.29. The molecule has 0 fully saturated rings. The zero-order valence-electron chi connectivity index (χ0n) is 7.87. The molecule has 0 radical (unpaired) electrons. The minimum atomic E-state index is -0.653. The maximum absolute atomic E-state index is 9.29. The third-order valence-electron chi connectivity index (χ3n) is 3.03. The third-order valence-corrected chi connectivity index (χ3v) is 3.03. The van der Waals surface area contributed by atoms with Gasteiger partial charge >= 0.3 is 0 Å². The summed E-state index contributed by atoms with van der Waals surface area (Å²) in [5, 5.41) is 13.1. The fourth-order valence-corrected chi connectivity index (χ4v) is 2.09. The van der Waals surface area contributed by atoms with Gasteiger partial charge in [-0.1, -0.05) is 12.1 Å². The summed E-state index contributed by atoms with van der Waals surface area (Å²) < 4.78 is 5.13. The lowest BCUT2D eigenvalue weighted by Crippen LogP contribution is -2.44. The zero-order chi connectivity index (χ0) is 9.64. The Balaban J connectivity index is 2.55. The highest BCUT2D eigenvalue weighted by Crippen LogP contribution is 2.40. The number of fused-ring (bicyclic) bond motifs is 1. The second-order valence-electron chi connectivity index (χ2n) is 3.87. The average molecular weight is 182 g/mol. The molecule has 2 rings (SSSR count). The van der Waals surface area contributed by atoms with E-state index in [0.717, 1.165) is 23.4 Å². The van der Waals surface area contributed by atoms with E-state index in [0.29, 0.717) is 0 Å². The van der Waals surface area contributed by atoms with Crippen LogP contribution in [-0.4, -0.2) is 16.9 Å². The van der Waals surface area contributed by atoms with Crippen LogP contribution >= 0.6 is 0 Å². The van der Waals surface area contributed by atoms with E-state index in [2.05, 4.69) is 5.16 Å². The summed E-state index contributed by atoms with van der Waals surface area (Å²) in [6, 6.07) is 0. The molecule has 1 aliphatic carbocycles. The molecule has 0 bridgehead atoms. The third kappa shape index (κ3) is 0.957. The molecule has 72 valence electrons. The van der Waals surface area contributed by atoms with E-state index >= 15 is 0 Å². The van der Waals surface area contributed by atoms with Crippen molar-refractivity contribution in [1.29, 1.82) is 0 Å². The van der Waals surface area contributed by atoms with Crippen molar-refractivity contribution in [3.8, 4) is 0 Å². The van der Waals surface area contributed by atoms with Crippen molar-refractivity contribution in [1.82, 2.24) is 5.16 Å². The van der Waals surface area contributed by atoms with Crippen LogP contribution in [0.25, 0.3) is 0 Å². The van der Waals surface area contributed by atoms with Crippen LogP contribution in [-0.2, 0) is 12.0 Å². The fraction of sp³-hybridized carbons (Fsp3) is 0.667. The van der Waals surface area contributed by atoms with Crippen LogP contribution < -0.4 is 5.73 Å². The van der Waals surface area contributed by atoms with Gasteiger partial charge in [0, 0.05) is 12.0 Å². The second-order valence-corrected chi connectivity index (χ2v) is 3.87. The number of aromatic nitrogens is 1. The summed E-state index contributed by atoms with van der Waals surface area (Å²) in [6.45, 7) is 3.83. The fourth-order valence-electron chi connectivity index (χ4n) is 2.09. The first-order valence-electron chi connectivity index (χ1n) is 4.45. The Hall–Kier alpha value is -0.870. The molecular formula is C9H14N2O2. The maximum Gasteiger partial charge on any atom is 0.142 e. The van der Waals surface area contributed by atoms with Crippen LogP contribution in [0.2, 0.25) is 0 Å². The number of nitrogens with zero attached hydrogens (tertiary/aromatic N) is 1. The molecule has 0 aromatic carbocycles. The summed E-state index contributed by atoms with van der Waals surface area (Å²) in [7, 11) is 0. The van der Waals surface area contributed by atoms with E-state index in [1.807, 2.05) is 13.8 Å². The number of aliphatic hydroxyl groups is 1. The smallest absolute Gasteiger partial charge is 0.142 e. The Morgan fingerprint density at radius 3 is 3.08 bits per heavy atom. The SMILES string of the molecule is Cc1noc2c1C(N)(CO)C(C)C2. The first-order valence-corrected chi connectivity index (χ1v) is 4.45. The number of aryl methyl sites for hydroxylation is 1. The summed E-state index contributed by atoms with van der Waals surface area (Å²) in [5.74, 6) is 1.05. The van der Waals surface area contributed by atoms with Crippen LogP contribution in [0.5, 0.6) is 0 Å². The predicted octanol–water partition coefficient (Wildman–Crippen LogP) is 0.322. The molecule has 4 nitrogen and oxygen atoms in total. The van der Waals surface area contributed by atoms with E-state index in [9.17, 15) is 5.11 Å². The van der Waals surface area contributed by atoms with Crippen molar-refractivity contribution in [2.75, 3.05) is 6.61 Å². The molecule has 4 heteroatoms. The average Bonchev–Trinajstić information content (AvgIpc) is 2.56. The van der Waals surface area contributed by atoms with Gasteiger partial charge in [0.05, 0.1) is 17.8 Å². The monoisotopic (exact) mass is 182 g/mol. The lowest BCUT2D eigenvalue weighted by molar-refractivity contribution is 0.157. The molecule has 1 aromatic rings. The lowest BCUT2D eigenvalue weighted by atomic mass is 9.86. The van der Waals surface area contributed by atoms with Gasteiger partial charge in [-0.25, -0.2) is 0 Å². The van der Waals surface area contributed by atoms with Gasteiger partial charge in [0.1, 0.15) is 5.76 Å². The van der Waals surface area contributed by atoms with Gasteiger partial charge in [0.2, 0.25) is 0 Å². The Kier molecular flexibility index (Phi) is 1.72. The van der Waals surface area contributed by atoms with Crippen LogP contribution in [0.15, 0.2) is 4.52 Å². The van der Waals surface area contributed by atoms with Gasteiger partial charge in [-0.15, -0.1) is 0 Å². The van der Waals surface area contributed by atoms with E-state index in [1.165, 1.54) is 0 Å². The molecule has 1 heterocycles. The predicted molar refractivity (Wildman–Crippen MR) is 47.1 cm³/mol. The Bertz CT molecular complexity index is 334. The first-order chi connectivity index (χ1) is 6.09. The van der Waals surface area contributed by atoms with Crippen molar-refractivity contribution in [3.05, 3.63) is 17.0 Å². The highest BCUT2D eigenvalue weighted by atomic mass is 16.5. The van der Waals surface area contributed by atoms with Gasteiger partial charge in [-0.2, -0.15) is 0 Å². The first kappa shape index (κ1) is 8.72. The largest absolute Gasteiger partial charge is 0.394 e. The van der Waals surface area contributed by atoms with Gasteiger partial charge in [0.25, 0.3) is 0 Å². The van der Waals surface area contributed by atoms with Gasteiger partial charge in [-0.05, 0) is 12.8 Å². The molecular weight excluding hydrogens is 168 g/mol. The van der Waals surface area contributed by atoms with Crippen molar-refractivity contribution in [2.45, 2.75) is 25.8 Å². The van der Waals surface area contributed by atoms with Gasteiger partial charge < -0.3 is 15.4 Å². The molecule has 0 saturated heterocycles. The van der Waals surface area contributed by atoms with Crippen molar-refractivity contribution in [2.24, 2.45) is 11.7 Å². The number of rotatable bonds is 1. The topological polar surface area (TPSA) is 72.3 Å². The molecule has 2 atom stereocenters. The highest BCUT2D eigenvalue weighted by molar-refractivity contribution is 5.36. The second kappa shape index (κ2) is 2.56. The van der Waals surface area contributed by atoms with Crippen LogP contribution in [0.3, 0.4) is 0 Å². The number of hydrogen-bond acceptors (Lipinski definition) is 4. The molecule has 0 aliphatic heterocycles. The van der Waals surface area contributed by atoms with Crippen LogP contribution in [0.1, 0.15) is 23.9 Å². The van der Waals surface area contributed by atoms with E-state index in [4.69, 9.17) is 10.3 Å². The minimum absolute atomic E-state index is 0.0524. The molecule has 2 unspecified atom stereocenters. The Labute approximate surface area is 76.7 Å². The molecule has 0 amide bonds. The molecule has 3 N–H and O–H groups in total. The lowest BCUT2D eigenvalue weighted by Gasteiger charge is -2.27. The van der Waals surface area contributed by atoms with Crippen molar-refractivity contribution >= 4 is 0 Å². The Morgan fingerprint density at radius 1 is 1.77 bits per heavy atom. The van der Waals surface area contributed by atoms with Crippen LogP contribution in [0, 0.1) is 12.8 Å². The number of hydrogen-bond donors (Lipinski definition) is 2. The van der Waals surface area contributed by atoms with Crippen molar-refractivity contribution < 1.29 is 9.63 Å². The van der Waals surface area contributed by atoms with Crippen LogP contribution in [0.4, 0.5) is 0 Å². The zero-order valence-corrected chi connectivity index (χ0v) is 7.87. The molecule has 0 spiro atoms. The van der Waals surface area contributed by atoms with E-state index < -0.39 is 5.54 Å². The summed E-state index contributed by atoms with van der Waals surface area (Å²) in [4.78, 5) is 0. The Morgan fingerprint density at radius 2 is 2.46 bits per heavy atom. The minimum Gasteiger partial charge on any atom is -0.394 e. The molecule has 1 aromatic heterocycles. The summed E-state index contributed by atoms with van der Waals surface area (Å²) >= 11 is 0. The molecule has 0 saturated carbocycles. The summed E-state index contributed by atoms with van der Waals surface area (Å²) in [6.07, 6.45) is 0.771. The highest BCUT2D eigenvalue weighted by Gasteiger charge is 2.45. The number of nitrogens with two attached hydrogens (primary N) is 1. The van der Waals surface area contributed by atoms with Gasteiger partial charge in [-0.3, -0.25) is 0 Å². The molecule has 13 heavy (non-hydrogen) atoms. The van der Waals surface area contributed by atoms with Crippen molar-refractivity contribution in [3.63, 3.8) is 0 Å². The van der Waals surface area contributed by atoms with E-state index in [-0.39, 0.29) is 12.5 Å². The standard InChI is InChI=1S/C9H14N2O2/c1-5-3-7-8(6(2)11-13-7)9(5,10)4-12/h5,12H,3-4,10H2,1-2H3. The summed E-state index contributed by atoms with van der Waals surface area (Å²) in [5.41, 5.74) is 7.16. The van der Waals surface area contributed by atoms with E-state index in [1.54, 1.807) is 0 Å². The number of aliphatic hydroxyl groups excluding tert-OH is 1. The molecule has 1 aliphatic rings. The van der Waals surface area contributed by atoms with Gasteiger partial charge in [0.15, 0.2) is 0 Å². The normalized spacial score (nSPS) is 32.2.